The van der Waals surface area contributed by atoms with Crippen molar-refractivity contribution >= 4 is 17.7 Å². The molecule has 2 atom stereocenters. The molecule has 0 aromatic rings. The molecule has 100 valence electrons. The second-order valence-electron chi connectivity index (χ2n) is 4.50. The van der Waals surface area contributed by atoms with E-state index in [0.29, 0.717) is 19.2 Å². The van der Waals surface area contributed by atoms with Gasteiger partial charge in [-0.3, -0.25) is 4.79 Å². The molecule has 1 N–H and O–H groups in total. The Balaban J connectivity index is 2.57. The summed E-state index contributed by atoms with van der Waals surface area (Å²) in [4.78, 5) is 14.4. The first-order valence-corrected chi connectivity index (χ1v) is 7.38. The number of hydrogen-bond donors (Lipinski definition) is 1. The summed E-state index contributed by atoms with van der Waals surface area (Å²) in [7, 11) is 3.57. The van der Waals surface area contributed by atoms with Gasteiger partial charge in [0.2, 0.25) is 5.91 Å². The van der Waals surface area contributed by atoms with Crippen LogP contribution in [0.15, 0.2) is 0 Å². The monoisotopic (exact) mass is 260 g/mol. The van der Waals surface area contributed by atoms with Crippen LogP contribution in [0.25, 0.3) is 0 Å². The third-order valence-corrected chi connectivity index (χ3v) is 4.24. The van der Waals surface area contributed by atoms with Crippen molar-refractivity contribution < 1.29 is 9.53 Å². The predicted molar refractivity (Wildman–Crippen MR) is 72.4 cm³/mol. The number of thioether (sulfide) groups is 1. The second kappa shape index (κ2) is 7.95. The summed E-state index contributed by atoms with van der Waals surface area (Å²) < 4.78 is 5.11. The second-order valence-corrected chi connectivity index (χ2v) is 5.65. The molecule has 1 aliphatic heterocycles. The zero-order chi connectivity index (χ0) is 12.7. The van der Waals surface area contributed by atoms with Crippen LogP contribution in [0, 0.1) is 5.92 Å². The number of methoxy groups -OCH3 is 1. The van der Waals surface area contributed by atoms with Gasteiger partial charge in [0, 0.05) is 37.9 Å². The van der Waals surface area contributed by atoms with Crippen molar-refractivity contribution in [2.45, 2.75) is 19.4 Å². The van der Waals surface area contributed by atoms with Crippen molar-refractivity contribution in [3.05, 3.63) is 0 Å². The minimum atomic E-state index is 0.0439. The first-order valence-electron chi connectivity index (χ1n) is 6.22. The Bertz CT molecular complexity index is 233. The molecule has 1 fully saturated rings. The Hall–Kier alpha value is -0.260. The largest absolute Gasteiger partial charge is 0.383 e. The van der Waals surface area contributed by atoms with Crippen LogP contribution in [0.5, 0.6) is 0 Å². The standard InChI is InChI=1S/C12H24N2O2S/c1-10(8-13-2)12(15)14(5-6-16-3)11-4-7-17-9-11/h10-11,13H,4-9H2,1-3H3. The van der Waals surface area contributed by atoms with Crippen molar-refractivity contribution in [3.8, 4) is 0 Å². The number of hydrogen-bond acceptors (Lipinski definition) is 4. The van der Waals surface area contributed by atoms with Gasteiger partial charge in [0.1, 0.15) is 0 Å². The zero-order valence-corrected chi connectivity index (χ0v) is 11.9. The van der Waals surface area contributed by atoms with E-state index < -0.39 is 0 Å². The van der Waals surface area contributed by atoms with Crippen LogP contribution in [-0.4, -0.2) is 62.2 Å². The lowest BCUT2D eigenvalue weighted by Gasteiger charge is -2.30. The summed E-state index contributed by atoms with van der Waals surface area (Å²) in [6, 6.07) is 0.405. The summed E-state index contributed by atoms with van der Waals surface area (Å²) in [5, 5.41) is 3.07. The molecule has 4 nitrogen and oxygen atoms in total. The molecule has 0 bridgehead atoms. The highest BCUT2D eigenvalue weighted by atomic mass is 32.2. The van der Waals surface area contributed by atoms with E-state index in [0.717, 1.165) is 18.7 Å². The summed E-state index contributed by atoms with van der Waals surface area (Å²) in [6.07, 6.45) is 1.12. The third-order valence-electron chi connectivity index (χ3n) is 3.10. The molecular formula is C12H24N2O2S. The number of rotatable bonds is 7. The van der Waals surface area contributed by atoms with Gasteiger partial charge in [0.05, 0.1) is 6.61 Å². The fourth-order valence-electron chi connectivity index (χ4n) is 2.11. The molecule has 0 radical (unpaired) electrons. The van der Waals surface area contributed by atoms with Crippen molar-refractivity contribution in [2.24, 2.45) is 5.92 Å². The molecule has 1 aliphatic rings. The number of nitrogens with one attached hydrogen (secondary N) is 1. The number of amides is 1. The third kappa shape index (κ3) is 4.48. The summed E-state index contributed by atoms with van der Waals surface area (Å²) in [5.41, 5.74) is 0. The Morgan fingerprint density at radius 1 is 1.65 bits per heavy atom. The average Bonchev–Trinajstić information content (AvgIpc) is 2.83. The Labute approximate surface area is 108 Å². The molecule has 17 heavy (non-hydrogen) atoms. The van der Waals surface area contributed by atoms with Gasteiger partial charge in [-0.05, 0) is 19.2 Å². The van der Waals surface area contributed by atoms with Crippen molar-refractivity contribution in [3.63, 3.8) is 0 Å². The molecule has 0 spiro atoms. The highest BCUT2D eigenvalue weighted by Crippen LogP contribution is 2.23. The molecule has 0 aliphatic carbocycles. The van der Waals surface area contributed by atoms with Gasteiger partial charge in [-0.1, -0.05) is 6.92 Å². The molecule has 0 aromatic heterocycles. The van der Waals surface area contributed by atoms with E-state index in [9.17, 15) is 4.79 Å². The number of nitrogens with zero attached hydrogens (tertiary/aromatic N) is 1. The molecule has 1 rings (SSSR count). The minimum Gasteiger partial charge on any atom is -0.383 e. The first kappa shape index (κ1) is 14.8. The van der Waals surface area contributed by atoms with E-state index in [4.69, 9.17) is 4.74 Å². The van der Waals surface area contributed by atoms with Crippen LogP contribution < -0.4 is 5.32 Å². The van der Waals surface area contributed by atoms with Gasteiger partial charge in [-0.15, -0.1) is 0 Å². The molecular weight excluding hydrogens is 236 g/mol. The summed E-state index contributed by atoms with van der Waals surface area (Å²) >= 11 is 1.94. The highest BCUT2D eigenvalue weighted by molar-refractivity contribution is 7.99. The van der Waals surface area contributed by atoms with Crippen molar-refractivity contribution in [1.29, 1.82) is 0 Å². The van der Waals surface area contributed by atoms with Crippen LogP contribution in [0.4, 0.5) is 0 Å². The Morgan fingerprint density at radius 2 is 2.41 bits per heavy atom. The van der Waals surface area contributed by atoms with Gasteiger partial charge in [-0.25, -0.2) is 0 Å². The van der Waals surface area contributed by atoms with Crippen LogP contribution in [0.3, 0.4) is 0 Å². The van der Waals surface area contributed by atoms with Gasteiger partial charge < -0.3 is 15.0 Å². The van der Waals surface area contributed by atoms with E-state index in [2.05, 4.69) is 5.32 Å². The van der Waals surface area contributed by atoms with Crippen LogP contribution in [0.2, 0.25) is 0 Å². The maximum absolute atomic E-state index is 12.3. The van der Waals surface area contributed by atoms with Gasteiger partial charge in [0.25, 0.3) is 0 Å². The Morgan fingerprint density at radius 3 is 2.94 bits per heavy atom. The zero-order valence-electron chi connectivity index (χ0n) is 11.1. The summed E-state index contributed by atoms with van der Waals surface area (Å²) in [6.45, 7) is 4.07. The fraction of sp³-hybridized carbons (Fsp3) is 0.917. The normalized spacial score (nSPS) is 21.5. The van der Waals surface area contributed by atoms with Crippen LogP contribution in [-0.2, 0) is 9.53 Å². The van der Waals surface area contributed by atoms with Crippen molar-refractivity contribution in [1.82, 2.24) is 10.2 Å². The topological polar surface area (TPSA) is 41.6 Å². The molecule has 1 saturated heterocycles. The molecule has 1 amide bonds. The minimum absolute atomic E-state index is 0.0439. The number of carbonyl (C=O) groups excluding carboxylic acids is 1. The maximum Gasteiger partial charge on any atom is 0.227 e. The van der Waals surface area contributed by atoms with Gasteiger partial charge in [-0.2, -0.15) is 11.8 Å². The van der Waals surface area contributed by atoms with E-state index >= 15 is 0 Å². The van der Waals surface area contributed by atoms with Gasteiger partial charge >= 0.3 is 0 Å². The number of ether oxygens (including phenoxy) is 1. The summed E-state index contributed by atoms with van der Waals surface area (Å²) in [5.74, 6) is 2.54. The smallest absolute Gasteiger partial charge is 0.227 e. The molecule has 0 saturated carbocycles. The van der Waals surface area contributed by atoms with E-state index in [-0.39, 0.29) is 11.8 Å². The quantitative estimate of drug-likeness (QED) is 0.736. The van der Waals surface area contributed by atoms with E-state index in [1.165, 1.54) is 5.75 Å². The lowest BCUT2D eigenvalue weighted by Crippen LogP contribution is -2.46. The molecule has 1 heterocycles. The van der Waals surface area contributed by atoms with E-state index in [1.54, 1.807) is 7.11 Å². The highest BCUT2D eigenvalue weighted by Gasteiger charge is 2.29. The van der Waals surface area contributed by atoms with Gasteiger partial charge in [0.15, 0.2) is 0 Å². The van der Waals surface area contributed by atoms with Crippen LogP contribution in [0.1, 0.15) is 13.3 Å². The number of carbonyl (C=O) groups is 1. The van der Waals surface area contributed by atoms with Crippen LogP contribution >= 0.6 is 11.8 Å². The molecule has 2 unspecified atom stereocenters. The van der Waals surface area contributed by atoms with E-state index in [1.807, 2.05) is 30.6 Å². The average molecular weight is 260 g/mol. The maximum atomic E-state index is 12.3. The molecule has 5 heteroatoms. The molecule has 0 aromatic carbocycles. The first-order chi connectivity index (χ1) is 8.20. The lowest BCUT2D eigenvalue weighted by atomic mass is 10.1. The lowest BCUT2D eigenvalue weighted by molar-refractivity contribution is -0.137. The van der Waals surface area contributed by atoms with Crippen molar-refractivity contribution in [2.75, 3.05) is 45.4 Å². The SMILES string of the molecule is CNCC(C)C(=O)N(CCOC)C1CCSC1. The predicted octanol–water partition coefficient (Wildman–Crippen LogP) is 0.822. The Kier molecular flexibility index (Phi) is 6.92. The fourth-order valence-corrected chi connectivity index (χ4v) is 3.33.